The normalized spacial score (nSPS) is 20.9. The van der Waals surface area contributed by atoms with Crippen LogP contribution in [0.2, 0.25) is 0 Å². The van der Waals surface area contributed by atoms with Gasteiger partial charge in [0, 0.05) is 36.8 Å². The van der Waals surface area contributed by atoms with E-state index in [0.29, 0.717) is 6.04 Å². The maximum absolute atomic E-state index is 5.45. The van der Waals surface area contributed by atoms with E-state index in [1.54, 1.807) is 7.11 Å². The second kappa shape index (κ2) is 4.87. The van der Waals surface area contributed by atoms with Crippen molar-refractivity contribution < 1.29 is 4.74 Å². The molecule has 0 spiro atoms. The number of hydrogen-bond donors (Lipinski definition) is 2. The van der Waals surface area contributed by atoms with Crippen molar-refractivity contribution in [3.05, 3.63) is 29.5 Å². The van der Waals surface area contributed by atoms with Gasteiger partial charge in [0.05, 0.1) is 12.6 Å². The van der Waals surface area contributed by atoms with Gasteiger partial charge in [0.2, 0.25) is 0 Å². The fourth-order valence-corrected chi connectivity index (χ4v) is 3.07. The quantitative estimate of drug-likeness (QED) is 0.867. The van der Waals surface area contributed by atoms with Gasteiger partial charge < -0.3 is 15.0 Å². The molecule has 0 radical (unpaired) electrons. The van der Waals surface area contributed by atoms with Gasteiger partial charge in [-0.25, -0.2) is 0 Å². The van der Waals surface area contributed by atoms with Crippen molar-refractivity contribution in [3.63, 3.8) is 0 Å². The van der Waals surface area contributed by atoms with Gasteiger partial charge in [-0.05, 0) is 25.6 Å². The fraction of sp³-hybridized carbons (Fsp3) is 0.467. The van der Waals surface area contributed by atoms with Crippen LogP contribution in [0.3, 0.4) is 0 Å². The minimum atomic E-state index is 0.426. The summed E-state index contributed by atoms with van der Waals surface area (Å²) >= 11 is 0. The van der Waals surface area contributed by atoms with E-state index in [-0.39, 0.29) is 0 Å². The number of fused-ring (bicyclic) bond motifs is 1. The summed E-state index contributed by atoms with van der Waals surface area (Å²) < 4.78 is 5.45. The van der Waals surface area contributed by atoms with Crippen LogP contribution in [0.1, 0.15) is 17.3 Å². The molecule has 1 aliphatic rings. The molecule has 0 saturated carbocycles. The maximum atomic E-state index is 5.45. The Bertz CT molecular complexity index is 590. The topological polar surface area (TPSA) is 40.3 Å². The molecule has 4 heteroatoms. The van der Waals surface area contributed by atoms with Gasteiger partial charge in [-0.1, -0.05) is 12.1 Å². The standard InChI is InChI=1S/C15H21N3O/c1-10-14(12-9-16-7-8-18(12)2)11-5-4-6-13(19-3)15(11)17-10/h4-6,12,16-17H,7-9H2,1-3H3. The van der Waals surface area contributed by atoms with Gasteiger partial charge in [0.25, 0.3) is 0 Å². The molecule has 0 bridgehead atoms. The number of nitrogens with one attached hydrogen (secondary N) is 2. The zero-order valence-electron chi connectivity index (χ0n) is 11.8. The maximum Gasteiger partial charge on any atom is 0.142 e. The molecule has 0 aliphatic carbocycles. The highest BCUT2D eigenvalue weighted by Gasteiger charge is 2.25. The minimum absolute atomic E-state index is 0.426. The summed E-state index contributed by atoms with van der Waals surface area (Å²) in [5, 5.41) is 4.76. The summed E-state index contributed by atoms with van der Waals surface area (Å²) in [6.07, 6.45) is 0. The summed E-state index contributed by atoms with van der Waals surface area (Å²) in [6.45, 7) is 5.30. The van der Waals surface area contributed by atoms with Gasteiger partial charge in [-0.15, -0.1) is 0 Å². The number of rotatable bonds is 2. The Labute approximate surface area is 113 Å². The lowest BCUT2D eigenvalue weighted by atomic mass is 10.00. The molecule has 0 amide bonds. The molecule has 2 heterocycles. The number of H-pyrrole nitrogens is 1. The Balaban J connectivity index is 2.15. The van der Waals surface area contributed by atoms with E-state index < -0.39 is 0 Å². The molecular weight excluding hydrogens is 238 g/mol. The average Bonchev–Trinajstić information content (AvgIpc) is 2.75. The molecule has 1 fully saturated rings. The lowest BCUT2D eigenvalue weighted by Gasteiger charge is -2.33. The van der Waals surface area contributed by atoms with Crippen LogP contribution in [-0.4, -0.2) is 43.7 Å². The molecule has 19 heavy (non-hydrogen) atoms. The fourth-order valence-electron chi connectivity index (χ4n) is 3.07. The van der Waals surface area contributed by atoms with E-state index in [4.69, 9.17) is 4.74 Å². The number of likely N-dealkylation sites (N-methyl/N-ethyl adjacent to an activating group) is 1. The van der Waals surface area contributed by atoms with Crippen molar-refractivity contribution in [2.24, 2.45) is 0 Å². The Morgan fingerprint density at radius 2 is 2.21 bits per heavy atom. The van der Waals surface area contributed by atoms with Crippen LogP contribution in [-0.2, 0) is 0 Å². The van der Waals surface area contributed by atoms with Gasteiger partial charge in [0.1, 0.15) is 5.75 Å². The van der Waals surface area contributed by atoms with E-state index in [9.17, 15) is 0 Å². The summed E-state index contributed by atoms with van der Waals surface area (Å²) in [6, 6.07) is 6.67. The van der Waals surface area contributed by atoms with Gasteiger partial charge in [-0.2, -0.15) is 0 Å². The average molecular weight is 259 g/mol. The second-order valence-corrected chi connectivity index (χ2v) is 5.25. The molecule has 1 aromatic carbocycles. The molecular formula is C15H21N3O. The molecule has 2 aromatic rings. The minimum Gasteiger partial charge on any atom is -0.495 e. The number of aryl methyl sites for hydroxylation is 1. The van der Waals surface area contributed by atoms with Gasteiger partial charge in [0.15, 0.2) is 0 Å². The third kappa shape index (κ3) is 2.01. The lowest BCUT2D eigenvalue weighted by molar-refractivity contribution is 0.203. The highest BCUT2D eigenvalue weighted by Crippen LogP contribution is 2.35. The second-order valence-electron chi connectivity index (χ2n) is 5.25. The van der Waals surface area contributed by atoms with E-state index in [2.05, 4.69) is 41.3 Å². The van der Waals surface area contributed by atoms with Crippen molar-refractivity contribution in [3.8, 4) is 5.75 Å². The molecule has 2 N–H and O–H groups in total. The molecule has 3 rings (SSSR count). The first-order valence-corrected chi connectivity index (χ1v) is 6.78. The zero-order chi connectivity index (χ0) is 13.4. The number of nitrogens with zero attached hydrogens (tertiary/aromatic N) is 1. The van der Waals surface area contributed by atoms with E-state index in [1.807, 2.05) is 6.07 Å². The molecule has 1 unspecified atom stereocenters. The predicted octanol–water partition coefficient (Wildman–Crippen LogP) is 2.06. The summed E-state index contributed by atoms with van der Waals surface area (Å²) in [5.74, 6) is 0.915. The SMILES string of the molecule is COc1cccc2c(C3CNCCN3C)c(C)[nH]c12. The van der Waals surface area contributed by atoms with E-state index >= 15 is 0 Å². The first-order valence-electron chi connectivity index (χ1n) is 6.78. The van der Waals surface area contributed by atoms with Crippen LogP contribution >= 0.6 is 0 Å². The van der Waals surface area contributed by atoms with Crippen molar-refractivity contribution in [2.75, 3.05) is 33.8 Å². The Hall–Kier alpha value is -1.52. The Morgan fingerprint density at radius 3 is 2.95 bits per heavy atom. The van der Waals surface area contributed by atoms with E-state index in [1.165, 1.54) is 16.6 Å². The van der Waals surface area contributed by atoms with Crippen LogP contribution in [0.5, 0.6) is 5.75 Å². The van der Waals surface area contributed by atoms with Crippen molar-refractivity contribution in [1.82, 2.24) is 15.2 Å². The van der Waals surface area contributed by atoms with Crippen LogP contribution in [0.25, 0.3) is 10.9 Å². The smallest absolute Gasteiger partial charge is 0.142 e. The van der Waals surface area contributed by atoms with Crippen LogP contribution in [0.4, 0.5) is 0 Å². The van der Waals surface area contributed by atoms with Crippen molar-refractivity contribution in [1.29, 1.82) is 0 Å². The van der Waals surface area contributed by atoms with Crippen molar-refractivity contribution >= 4 is 10.9 Å². The molecule has 1 aromatic heterocycles. The Kier molecular flexibility index (Phi) is 3.21. The lowest BCUT2D eigenvalue weighted by Crippen LogP contribution is -2.43. The van der Waals surface area contributed by atoms with Crippen LogP contribution in [0.15, 0.2) is 18.2 Å². The number of aromatic nitrogens is 1. The monoisotopic (exact) mass is 259 g/mol. The molecule has 4 nitrogen and oxygen atoms in total. The summed E-state index contributed by atoms with van der Waals surface area (Å²) in [4.78, 5) is 5.91. The van der Waals surface area contributed by atoms with Crippen LogP contribution < -0.4 is 10.1 Å². The summed E-state index contributed by atoms with van der Waals surface area (Å²) in [7, 11) is 3.92. The summed E-state index contributed by atoms with van der Waals surface area (Å²) in [5.41, 5.74) is 3.74. The first-order chi connectivity index (χ1) is 9.22. The highest BCUT2D eigenvalue weighted by molar-refractivity contribution is 5.90. The molecule has 1 aliphatic heterocycles. The highest BCUT2D eigenvalue weighted by atomic mass is 16.5. The molecule has 1 saturated heterocycles. The van der Waals surface area contributed by atoms with Gasteiger partial charge >= 0.3 is 0 Å². The molecule has 102 valence electrons. The molecule has 1 atom stereocenters. The third-order valence-electron chi connectivity index (χ3n) is 4.10. The largest absolute Gasteiger partial charge is 0.495 e. The third-order valence-corrected chi connectivity index (χ3v) is 4.10. The number of ether oxygens (including phenoxy) is 1. The number of methoxy groups -OCH3 is 1. The predicted molar refractivity (Wildman–Crippen MR) is 77.8 cm³/mol. The number of piperazine rings is 1. The number of hydrogen-bond acceptors (Lipinski definition) is 3. The Morgan fingerprint density at radius 1 is 1.37 bits per heavy atom. The van der Waals surface area contributed by atoms with E-state index in [0.717, 1.165) is 30.9 Å². The number of benzene rings is 1. The van der Waals surface area contributed by atoms with Crippen molar-refractivity contribution in [2.45, 2.75) is 13.0 Å². The number of para-hydroxylation sites is 1. The zero-order valence-corrected chi connectivity index (χ0v) is 11.8. The van der Waals surface area contributed by atoms with Gasteiger partial charge in [-0.3, -0.25) is 4.90 Å². The first kappa shape index (κ1) is 12.5. The van der Waals surface area contributed by atoms with Crippen LogP contribution in [0, 0.1) is 6.92 Å². The number of aromatic amines is 1.